The molecule has 3 heterocycles. The Balaban J connectivity index is 1.52. The standard InChI is InChI=1S/C30H30Cl2N6O5/c1-37-16-21(28(42)38(2)29(37)43)27(41)36-30(13-5-7-20(25(30)32)19-6-3-4-8-22(19)31)23-11-9-17(26(40)35-23)14-33-15-18-10-12-24(39)34-18/h3-9,11,13,16,18,25,33H,10,12,14-15H2,1-2H3,(H,34,39)(H,35,40)(H,36,41)/t18?,25-,30?/m0/s1. The number of amides is 2. The second-order valence-electron chi connectivity index (χ2n) is 10.6. The molecule has 2 aliphatic rings. The minimum absolute atomic E-state index is 0.00826. The van der Waals surface area contributed by atoms with Crippen molar-refractivity contribution in [1.29, 1.82) is 0 Å². The highest BCUT2D eigenvalue weighted by Crippen LogP contribution is 2.42. The number of hydrogen-bond donors (Lipinski definition) is 4. The highest BCUT2D eigenvalue weighted by molar-refractivity contribution is 6.34. The maximum Gasteiger partial charge on any atom is 0.330 e. The van der Waals surface area contributed by atoms with E-state index in [2.05, 4.69) is 20.9 Å². The van der Waals surface area contributed by atoms with E-state index in [0.29, 0.717) is 34.7 Å². The molecule has 0 radical (unpaired) electrons. The molecule has 2 aromatic heterocycles. The lowest BCUT2D eigenvalue weighted by Gasteiger charge is -2.39. The van der Waals surface area contributed by atoms with Gasteiger partial charge in [0.15, 0.2) is 0 Å². The Morgan fingerprint density at radius 2 is 1.88 bits per heavy atom. The third-order valence-corrected chi connectivity index (χ3v) is 8.64. The van der Waals surface area contributed by atoms with Crippen LogP contribution in [0.25, 0.3) is 5.57 Å². The number of pyridine rings is 1. The van der Waals surface area contributed by atoms with Gasteiger partial charge >= 0.3 is 5.69 Å². The number of halogens is 2. The molecule has 224 valence electrons. The molecule has 2 amide bonds. The van der Waals surface area contributed by atoms with Gasteiger partial charge in [0.25, 0.3) is 17.0 Å². The zero-order valence-electron chi connectivity index (χ0n) is 23.4. The summed E-state index contributed by atoms with van der Waals surface area (Å²) in [5, 5.41) is 8.42. The second kappa shape index (κ2) is 12.2. The first-order valence-electron chi connectivity index (χ1n) is 13.6. The van der Waals surface area contributed by atoms with Crippen LogP contribution in [0.2, 0.25) is 5.02 Å². The van der Waals surface area contributed by atoms with Gasteiger partial charge in [0.2, 0.25) is 5.91 Å². The van der Waals surface area contributed by atoms with Gasteiger partial charge < -0.3 is 25.5 Å². The van der Waals surface area contributed by atoms with Crippen LogP contribution in [0, 0.1) is 0 Å². The number of hydrogen-bond acceptors (Lipinski definition) is 6. The summed E-state index contributed by atoms with van der Waals surface area (Å²) in [4.78, 5) is 66.5. The number of alkyl halides is 1. The summed E-state index contributed by atoms with van der Waals surface area (Å²) in [6.07, 6.45) is 7.48. The van der Waals surface area contributed by atoms with Gasteiger partial charge in [-0.1, -0.05) is 54.1 Å². The molecule has 0 saturated carbocycles. The highest BCUT2D eigenvalue weighted by Gasteiger charge is 2.44. The summed E-state index contributed by atoms with van der Waals surface area (Å²) in [6, 6.07) is 10.4. The number of aryl methyl sites for hydroxylation is 1. The fourth-order valence-electron chi connectivity index (χ4n) is 5.35. The normalized spacial score (nSPS) is 21.4. The number of carbonyl (C=O) groups is 2. The average molecular weight is 626 g/mol. The van der Waals surface area contributed by atoms with E-state index < -0.39 is 33.6 Å². The smallest absolute Gasteiger partial charge is 0.330 e. The highest BCUT2D eigenvalue weighted by atomic mass is 35.5. The summed E-state index contributed by atoms with van der Waals surface area (Å²) in [5.41, 5.74) is -1.66. The maximum absolute atomic E-state index is 13.7. The molecular weight excluding hydrogens is 595 g/mol. The van der Waals surface area contributed by atoms with Crippen LogP contribution >= 0.6 is 23.2 Å². The monoisotopic (exact) mass is 624 g/mol. The largest absolute Gasteiger partial charge is 0.352 e. The molecule has 0 spiro atoms. The van der Waals surface area contributed by atoms with Crippen LogP contribution in [0.3, 0.4) is 0 Å². The number of aromatic amines is 1. The molecule has 43 heavy (non-hydrogen) atoms. The maximum atomic E-state index is 13.7. The summed E-state index contributed by atoms with van der Waals surface area (Å²) < 4.78 is 1.97. The predicted molar refractivity (Wildman–Crippen MR) is 164 cm³/mol. The molecular formula is C30H30Cl2N6O5. The lowest BCUT2D eigenvalue weighted by molar-refractivity contribution is -0.119. The minimum atomic E-state index is -1.53. The van der Waals surface area contributed by atoms with Crippen LogP contribution < -0.4 is 32.8 Å². The SMILES string of the molecule is Cn1cc(C(=O)NC2(c3ccc(CNCC4CCC(=O)N4)c(=O)[nH]3)C=CC=C(c3ccccc3Cl)[C@@H]2Cl)c(=O)n(C)c1=O. The van der Waals surface area contributed by atoms with Crippen molar-refractivity contribution in [2.24, 2.45) is 14.1 Å². The van der Waals surface area contributed by atoms with E-state index in [1.807, 2.05) is 0 Å². The summed E-state index contributed by atoms with van der Waals surface area (Å²) >= 11 is 13.7. The molecule has 0 bridgehead atoms. The summed E-state index contributed by atoms with van der Waals surface area (Å²) in [5.74, 6) is -0.782. The van der Waals surface area contributed by atoms with Crippen LogP contribution in [-0.2, 0) is 31.0 Å². The van der Waals surface area contributed by atoms with Crippen molar-refractivity contribution >= 4 is 40.6 Å². The molecule has 5 rings (SSSR count). The molecule has 3 aromatic rings. The second-order valence-corrected chi connectivity index (χ2v) is 11.5. The van der Waals surface area contributed by atoms with E-state index in [9.17, 15) is 24.0 Å². The lowest BCUT2D eigenvalue weighted by Crippen LogP contribution is -2.54. The molecule has 1 saturated heterocycles. The zero-order chi connectivity index (χ0) is 30.9. The van der Waals surface area contributed by atoms with Gasteiger partial charge in [-0.2, -0.15) is 0 Å². The molecule has 1 aliphatic heterocycles. The number of carbonyl (C=O) groups excluding carboxylic acids is 2. The van der Waals surface area contributed by atoms with E-state index in [1.165, 1.54) is 20.3 Å². The Kier molecular flexibility index (Phi) is 8.59. The third-order valence-electron chi connectivity index (χ3n) is 7.73. The third kappa shape index (κ3) is 5.88. The molecule has 3 atom stereocenters. The van der Waals surface area contributed by atoms with Crippen LogP contribution in [0.1, 0.15) is 40.0 Å². The first-order valence-corrected chi connectivity index (χ1v) is 14.4. The van der Waals surface area contributed by atoms with Crippen molar-refractivity contribution in [2.75, 3.05) is 6.54 Å². The molecule has 1 aromatic carbocycles. The van der Waals surface area contributed by atoms with Gasteiger partial charge in [0, 0.05) is 62.1 Å². The molecule has 13 heteroatoms. The molecule has 1 fully saturated rings. The topological polar surface area (TPSA) is 147 Å². The van der Waals surface area contributed by atoms with Crippen LogP contribution in [0.15, 0.2) is 75.2 Å². The van der Waals surface area contributed by atoms with Gasteiger partial charge in [-0.3, -0.25) is 23.7 Å². The van der Waals surface area contributed by atoms with E-state index in [4.69, 9.17) is 23.2 Å². The van der Waals surface area contributed by atoms with E-state index >= 15 is 0 Å². The number of rotatable bonds is 8. The minimum Gasteiger partial charge on any atom is -0.352 e. The van der Waals surface area contributed by atoms with Crippen molar-refractivity contribution in [3.05, 3.63) is 119 Å². The van der Waals surface area contributed by atoms with Gasteiger partial charge in [0.05, 0.1) is 5.38 Å². The zero-order valence-corrected chi connectivity index (χ0v) is 25.0. The Morgan fingerprint density at radius 1 is 1.12 bits per heavy atom. The van der Waals surface area contributed by atoms with Crippen LogP contribution in [0.5, 0.6) is 0 Å². The Morgan fingerprint density at radius 3 is 2.58 bits per heavy atom. The first-order chi connectivity index (χ1) is 20.5. The van der Waals surface area contributed by atoms with Crippen LogP contribution in [-0.4, -0.2) is 43.9 Å². The van der Waals surface area contributed by atoms with Crippen molar-refractivity contribution in [1.82, 2.24) is 30.1 Å². The quantitative estimate of drug-likeness (QED) is 0.280. The molecule has 1 aliphatic carbocycles. The number of allylic oxidation sites excluding steroid dienone is 2. The number of nitrogens with zero attached hydrogens (tertiary/aromatic N) is 2. The van der Waals surface area contributed by atoms with Crippen molar-refractivity contribution in [2.45, 2.75) is 36.3 Å². The fourth-order valence-corrected chi connectivity index (χ4v) is 6.03. The van der Waals surface area contributed by atoms with Crippen molar-refractivity contribution < 1.29 is 9.59 Å². The van der Waals surface area contributed by atoms with Gasteiger partial charge in [-0.15, -0.1) is 11.6 Å². The van der Waals surface area contributed by atoms with Crippen molar-refractivity contribution in [3.8, 4) is 0 Å². The Labute approximate surface area is 256 Å². The van der Waals surface area contributed by atoms with Crippen molar-refractivity contribution in [3.63, 3.8) is 0 Å². The lowest BCUT2D eigenvalue weighted by atomic mass is 9.80. The Bertz CT molecular complexity index is 1840. The van der Waals surface area contributed by atoms with E-state index in [0.717, 1.165) is 15.6 Å². The van der Waals surface area contributed by atoms with Gasteiger partial charge in [-0.25, -0.2) is 4.79 Å². The predicted octanol–water partition coefficient (Wildman–Crippen LogP) is 1.68. The van der Waals surface area contributed by atoms with Crippen LogP contribution in [0.4, 0.5) is 0 Å². The number of nitrogens with one attached hydrogen (secondary N) is 4. The average Bonchev–Trinajstić information content (AvgIpc) is 3.40. The number of aromatic nitrogens is 3. The molecule has 4 N–H and O–H groups in total. The number of benzene rings is 1. The molecule has 11 nitrogen and oxygen atoms in total. The number of H-pyrrole nitrogens is 1. The fraction of sp³-hybridized carbons (Fsp3) is 0.300. The van der Waals surface area contributed by atoms with Gasteiger partial charge in [0.1, 0.15) is 11.1 Å². The molecule has 2 unspecified atom stereocenters. The van der Waals surface area contributed by atoms with E-state index in [1.54, 1.807) is 54.6 Å². The Hall–Kier alpha value is -4.19. The van der Waals surface area contributed by atoms with E-state index in [-0.39, 0.29) is 29.8 Å². The van der Waals surface area contributed by atoms with Gasteiger partial charge in [-0.05, 0) is 29.7 Å². The first kappa shape index (κ1) is 30.3. The summed E-state index contributed by atoms with van der Waals surface area (Å²) in [7, 11) is 2.72. The summed E-state index contributed by atoms with van der Waals surface area (Å²) in [6.45, 7) is 0.764.